The molecule has 2 unspecified atom stereocenters. The number of nitrogens with one attached hydrogen (secondary N) is 2. The lowest BCUT2D eigenvalue weighted by Crippen LogP contribution is -2.17. The van der Waals surface area contributed by atoms with E-state index in [9.17, 15) is 4.79 Å². The van der Waals surface area contributed by atoms with Gasteiger partial charge in [-0.05, 0) is 12.3 Å². The van der Waals surface area contributed by atoms with E-state index < -0.39 is 0 Å². The minimum absolute atomic E-state index is 0.135. The molecule has 0 aliphatic heterocycles. The lowest BCUT2D eigenvalue weighted by Gasteiger charge is -2.01. The molecular formula is C9H13N3O. The smallest absolute Gasteiger partial charge is 0.290 e. The second kappa shape index (κ2) is 3.20. The summed E-state index contributed by atoms with van der Waals surface area (Å²) in [5.41, 5.74) is -0.135. The quantitative estimate of drug-likeness (QED) is 0.727. The van der Waals surface area contributed by atoms with Gasteiger partial charge in [-0.25, -0.2) is 4.98 Å². The molecule has 0 bridgehead atoms. The summed E-state index contributed by atoms with van der Waals surface area (Å²) in [6.45, 7) is 2.16. The molecule has 1 aliphatic rings. The van der Waals surface area contributed by atoms with E-state index in [1.54, 1.807) is 6.20 Å². The van der Waals surface area contributed by atoms with Crippen LogP contribution in [0.3, 0.4) is 0 Å². The van der Waals surface area contributed by atoms with Gasteiger partial charge in [0.25, 0.3) is 5.56 Å². The molecule has 4 nitrogen and oxygen atoms in total. The van der Waals surface area contributed by atoms with E-state index in [0.29, 0.717) is 11.9 Å². The third kappa shape index (κ3) is 1.71. The molecule has 70 valence electrons. The highest BCUT2D eigenvalue weighted by atomic mass is 16.1. The van der Waals surface area contributed by atoms with Crippen LogP contribution >= 0.6 is 0 Å². The number of anilines is 1. The number of aromatic amines is 1. The van der Waals surface area contributed by atoms with Crippen molar-refractivity contribution in [2.24, 2.45) is 5.92 Å². The molecule has 0 saturated heterocycles. The summed E-state index contributed by atoms with van der Waals surface area (Å²) in [5.74, 6) is 1.17. The fraction of sp³-hybridized carbons (Fsp3) is 0.556. The van der Waals surface area contributed by atoms with Crippen LogP contribution in [-0.4, -0.2) is 16.0 Å². The second-order valence-electron chi connectivity index (χ2n) is 3.42. The summed E-state index contributed by atoms with van der Waals surface area (Å²) in [5, 5.41) is 3.13. The second-order valence-corrected chi connectivity index (χ2v) is 3.42. The molecule has 1 fully saturated rings. The molecular weight excluding hydrogens is 166 g/mol. The highest BCUT2D eigenvalue weighted by Crippen LogP contribution is 2.34. The van der Waals surface area contributed by atoms with Gasteiger partial charge in [0.2, 0.25) is 0 Å². The first-order valence-corrected chi connectivity index (χ1v) is 4.61. The van der Waals surface area contributed by atoms with Crippen LogP contribution in [-0.2, 0) is 0 Å². The molecule has 4 heteroatoms. The Morgan fingerprint density at radius 2 is 2.62 bits per heavy atom. The number of nitrogens with zero attached hydrogens (tertiary/aromatic N) is 1. The maximum atomic E-state index is 11.2. The summed E-state index contributed by atoms with van der Waals surface area (Å²) in [6.07, 6.45) is 5.46. The van der Waals surface area contributed by atoms with Crippen LogP contribution in [0, 0.1) is 5.92 Å². The Bertz CT molecular complexity index is 347. The van der Waals surface area contributed by atoms with Gasteiger partial charge in [0, 0.05) is 18.4 Å². The summed E-state index contributed by atoms with van der Waals surface area (Å²) in [7, 11) is 0. The third-order valence-electron chi connectivity index (χ3n) is 2.48. The topological polar surface area (TPSA) is 57.8 Å². The number of hydrogen-bond donors (Lipinski definition) is 2. The third-order valence-corrected chi connectivity index (χ3v) is 2.48. The fourth-order valence-electron chi connectivity index (χ4n) is 1.51. The van der Waals surface area contributed by atoms with Crippen LogP contribution in [0.25, 0.3) is 0 Å². The van der Waals surface area contributed by atoms with Crippen molar-refractivity contribution in [2.45, 2.75) is 25.8 Å². The molecule has 1 heterocycles. The molecule has 0 amide bonds. The van der Waals surface area contributed by atoms with Crippen molar-refractivity contribution in [1.82, 2.24) is 9.97 Å². The molecule has 13 heavy (non-hydrogen) atoms. The van der Waals surface area contributed by atoms with Crippen molar-refractivity contribution < 1.29 is 0 Å². The van der Waals surface area contributed by atoms with Crippen molar-refractivity contribution >= 4 is 5.82 Å². The van der Waals surface area contributed by atoms with Gasteiger partial charge < -0.3 is 10.3 Å². The lowest BCUT2D eigenvalue weighted by molar-refractivity contribution is 0.772. The van der Waals surface area contributed by atoms with Crippen molar-refractivity contribution in [3.05, 3.63) is 22.7 Å². The summed E-state index contributed by atoms with van der Waals surface area (Å²) in [4.78, 5) is 17.8. The maximum Gasteiger partial charge on any atom is 0.290 e. The average molecular weight is 179 g/mol. The Labute approximate surface area is 76.4 Å². The first-order valence-electron chi connectivity index (χ1n) is 4.61. The first-order chi connectivity index (χ1) is 6.31. The number of H-pyrrole nitrogens is 1. The van der Waals surface area contributed by atoms with Crippen molar-refractivity contribution in [3.8, 4) is 0 Å². The first kappa shape index (κ1) is 8.29. The van der Waals surface area contributed by atoms with Crippen LogP contribution in [0.15, 0.2) is 17.2 Å². The Hall–Kier alpha value is -1.32. The van der Waals surface area contributed by atoms with Gasteiger partial charge in [-0.1, -0.05) is 13.3 Å². The van der Waals surface area contributed by atoms with E-state index in [2.05, 4.69) is 22.2 Å². The van der Waals surface area contributed by atoms with Crippen LogP contribution < -0.4 is 10.9 Å². The molecule has 1 saturated carbocycles. The van der Waals surface area contributed by atoms with Crippen molar-refractivity contribution in [2.75, 3.05) is 5.32 Å². The molecule has 0 spiro atoms. The van der Waals surface area contributed by atoms with Crippen molar-refractivity contribution in [1.29, 1.82) is 0 Å². The average Bonchev–Trinajstić information content (AvgIpc) is 2.88. The Kier molecular flexibility index (Phi) is 2.04. The summed E-state index contributed by atoms with van der Waals surface area (Å²) < 4.78 is 0. The van der Waals surface area contributed by atoms with Gasteiger partial charge >= 0.3 is 0 Å². The maximum absolute atomic E-state index is 11.2. The van der Waals surface area contributed by atoms with E-state index in [-0.39, 0.29) is 5.56 Å². The lowest BCUT2D eigenvalue weighted by atomic mass is 10.3. The van der Waals surface area contributed by atoms with Crippen LogP contribution in [0.4, 0.5) is 5.82 Å². The number of aromatic nitrogens is 2. The van der Waals surface area contributed by atoms with Crippen molar-refractivity contribution in [3.63, 3.8) is 0 Å². The predicted octanol–water partition coefficient (Wildman–Crippen LogP) is 0.980. The number of hydrogen-bond acceptors (Lipinski definition) is 3. The Morgan fingerprint density at radius 1 is 1.77 bits per heavy atom. The van der Waals surface area contributed by atoms with Gasteiger partial charge in [0.1, 0.15) is 0 Å². The molecule has 2 atom stereocenters. The summed E-state index contributed by atoms with van der Waals surface area (Å²) in [6, 6.07) is 0.459. The van der Waals surface area contributed by atoms with Gasteiger partial charge in [0.15, 0.2) is 5.82 Å². The zero-order valence-corrected chi connectivity index (χ0v) is 7.58. The van der Waals surface area contributed by atoms with Gasteiger partial charge in [-0.3, -0.25) is 4.79 Å². The minimum Gasteiger partial charge on any atom is -0.362 e. The minimum atomic E-state index is -0.135. The van der Waals surface area contributed by atoms with Crippen LogP contribution in [0.2, 0.25) is 0 Å². The molecule has 2 rings (SSSR count). The van der Waals surface area contributed by atoms with Gasteiger partial charge in [0.05, 0.1) is 0 Å². The van der Waals surface area contributed by atoms with E-state index in [0.717, 1.165) is 12.3 Å². The molecule has 0 radical (unpaired) electrons. The summed E-state index contributed by atoms with van der Waals surface area (Å²) >= 11 is 0. The molecule has 1 aromatic heterocycles. The van der Waals surface area contributed by atoms with Crippen LogP contribution in [0.1, 0.15) is 19.8 Å². The zero-order chi connectivity index (χ0) is 9.26. The largest absolute Gasteiger partial charge is 0.362 e. The van der Waals surface area contributed by atoms with E-state index in [1.165, 1.54) is 12.6 Å². The highest BCUT2D eigenvalue weighted by molar-refractivity contribution is 5.34. The standard InChI is InChI=1S/C9H13N3O/c1-2-6-5-7(6)12-8-9(13)11-4-3-10-8/h3-4,6-7H,2,5H2,1H3,(H,10,12)(H,11,13). The molecule has 1 aliphatic carbocycles. The fourth-order valence-corrected chi connectivity index (χ4v) is 1.51. The predicted molar refractivity (Wildman–Crippen MR) is 50.7 cm³/mol. The van der Waals surface area contributed by atoms with E-state index in [4.69, 9.17) is 0 Å². The van der Waals surface area contributed by atoms with Crippen LogP contribution in [0.5, 0.6) is 0 Å². The zero-order valence-electron chi connectivity index (χ0n) is 7.58. The molecule has 1 aromatic rings. The highest BCUT2D eigenvalue weighted by Gasteiger charge is 2.35. The Morgan fingerprint density at radius 3 is 3.23 bits per heavy atom. The number of rotatable bonds is 3. The normalized spacial score (nSPS) is 25.6. The van der Waals surface area contributed by atoms with E-state index >= 15 is 0 Å². The van der Waals surface area contributed by atoms with E-state index in [1.807, 2.05) is 0 Å². The van der Waals surface area contributed by atoms with Gasteiger partial charge in [-0.2, -0.15) is 0 Å². The Balaban J connectivity index is 2.03. The SMILES string of the molecule is CCC1CC1Nc1ncc[nH]c1=O. The monoisotopic (exact) mass is 179 g/mol. The molecule has 2 N–H and O–H groups in total. The molecule has 0 aromatic carbocycles. The van der Waals surface area contributed by atoms with Gasteiger partial charge in [-0.15, -0.1) is 0 Å².